The second kappa shape index (κ2) is 6.39. The highest BCUT2D eigenvalue weighted by Crippen LogP contribution is 1.93. The molecule has 0 aliphatic heterocycles. The van der Waals surface area contributed by atoms with Gasteiger partial charge in [0.05, 0.1) is 6.54 Å². The van der Waals surface area contributed by atoms with Gasteiger partial charge in [-0.1, -0.05) is 0 Å². The number of aromatic nitrogens is 1. The van der Waals surface area contributed by atoms with E-state index in [1.54, 1.807) is 12.4 Å². The molecule has 1 aromatic rings. The van der Waals surface area contributed by atoms with E-state index in [1.165, 1.54) is 0 Å². The second-order valence-electron chi connectivity index (χ2n) is 2.34. The van der Waals surface area contributed by atoms with E-state index in [9.17, 15) is 4.79 Å². The van der Waals surface area contributed by atoms with Crippen molar-refractivity contribution in [3.05, 3.63) is 30.1 Å². The van der Waals surface area contributed by atoms with Gasteiger partial charge in [0.1, 0.15) is 0 Å². The highest BCUT2D eigenvalue weighted by molar-refractivity contribution is 5.85. The summed E-state index contributed by atoms with van der Waals surface area (Å²) in [7, 11) is 0. The largest absolute Gasteiger partial charge is 0.351 e. The van der Waals surface area contributed by atoms with Crippen molar-refractivity contribution in [3.8, 4) is 0 Å². The third kappa shape index (κ3) is 4.45. The standard InChI is InChI=1S/C8H11N3O.ClH/c9-5-8(12)11-6-7-1-3-10-4-2-7;/h1-4H,5-6,9H2,(H,11,12);1H. The van der Waals surface area contributed by atoms with Crippen LogP contribution in [0.1, 0.15) is 5.56 Å². The van der Waals surface area contributed by atoms with E-state index in [4.69, 9.17) is 5.73 Å². The quantitative estimate of drug-likeness (QED) is 0.728. The van der Waals surface area contributed by atoms with Gasteiger partial charge in [-0.3, -0.25) is 9.78 Å². The average Bonchev–Trinajstić information content (AvgIpc) is 2.16. The van der Waals surface area contributed by atoms with Crippen molar-refractivity contribution in [2.75, 3.05) is 6.54 Å². The molecule has 0 spiro atoms. The van der Waals surface area contributed by atoms with E-state index in [-0.39, 0.29) is 24.9 Å². The maximum absolute atomic E-state index is 10.7. The van der Waals surface area contributed by atoms with Crippen LogP contribution in [0.25, 0.3) is 0 Å². The summed E-state index contributed by atoms with van der Waals surface area (Å²) in [6, 6.07) is 3.69. The summed E-state index contributed by atoms with van der Waals surface area (Å²) in [6.07, 6.45) is 3.37. The number of pyridine rings is 1. The molecule has 0 unspecified atom stereocenters. The number of nitrogens with two attached hydrogens (primary N) is 1. The van der Waals surface area contributed by atoms with Gasteiger partial charge < -0.3 is 11.1 Å². The molecule has 4 nitrogen and oxygen atoms in total. The third-order valence-corrected chi connectivity index (χ3v) is 1.42. The van der Waals surface area contributed by atoms with Gasteiger partial charge in [0.25, 0.3) is 0 Å². The summed E-state index contributed by atoms with van der Waals surface area (Å²) in [4.78, 5) is 14.6. The first-order chi connectivity index (χ1) is 5.83. The van der Waals surface area contributed by atoms with Gasteiger partial charge in [-0.15, -0.1) is 12.4 Å². The highest BCUT2D eigenvalue weighted by Gasteiger charge is 1.95. The number of carbonyl (C=O) groups excluding carboxylic acids is 1. The van der Waals surface area contributed by atoms with Crippen LogP contribution >= 0.6 is 12.4 Å². The maximum Gasteiger partial charge on any atom is 0.234 e. The number of rotatable bonds is 3. The van der Waals surface area contributed by atoms with E-state index in [0.717, 1.165) is 5.56 Å². The average molecular weight is 202 g/mol. The van der Waals surface area contributed by atoms with Crippen molar-refractivity contribution < 1.29 is 4.79 Å². The van der Waals surface area contributed by atoms with E-state index in [0.29, 0.717) is 6.54 Å². The van der Waals surface area contributed by atoms with E-state index in [2.05, 4.69) is 10.3 Å². The molecular formula is C8H12ClN3O. The highest BCUT2D eigenvalue weighted by atomic mass is 35.5. The molecule has 0 saturated heterocycles. The number of amides is 1. The molecule has 0 radical (unpaired) electrons. The molecule has 0 aliphatic rings. The number of carbonyl (C=O) groups is 1. The zero-order valence-electron chi connectivity index (χ0n) is 7.06. The lowest BCUT2D eigenvalue weighted by molar-refractivity contribution is -0.119. The van der Waals surface area contributed by atoms with Crippen molar-refractivity contribution in [2.45, 2.75) is 6.54 Å². The van der Waals surface area contributed by atoms with Crippen molar-refractivity contribution >= 4 is 18.3 Å². The molecule has 0 atom stereocenters. The number of nitrogens with one attached hydrogen (secondary N) is 1. The van der Waals surface area contributed by atoms with Gasteiger partial charge >= 0.3 is 0 Å². The maximum atomic E-state index is 10.7. The lowest BCUT2D eigenvalue weighted by Gasteiger charge is -2.01. The van der Waals surface area contributed by atoms with Crippen LogP contribution in [0.3, 0.4) is 0 Å². The van der Waals surface area contributed by atoms with Crippen molar-refractivity contribution in [1.29, 1.82) is 0 Å². The number of hydrogen-bond donors (Lipinski definition) is 2. The Morgan fingerprint density at radius 1 is 1.46 bits per heavy atom. The van der Waals surface area contributed by atoms with Crippen LogP contribution in [-0.4, -0.2) is 17.4 Å². The molecule has 1 heterocycles. The lowest BCUT2D eigenvalue weighted by Crippen LogP contribution is -2.29. The molecule has 3 N–H and O–H groups in total. The molecule has 0 bridgehead atoms. The predicted octanol–water partition coefficient (Wildman–Crippen LogP) is 0.0783. The zero-order chi connectivity index (χ0) is 8.81. The van der Waals surface area contributed by atoms with Crippen molar-refractivity contribution in [3.63, 3.8) is 0 Å². The Labute approximate surface area is 83.0 Å². The minimum absolute atomic E-state index is 0. The zero-order valence-corrected chi connectivity index (χ0v) is 7.88. The normalized spacial score (nSPS) is 8.69. The predicted molar refractivity (Wildman–Crippen MR) is 52.4 cm³/mol. The van der Waals surface area contributed by atoms with Crippen LogP contribution in [0.2, 0.25) is 0 Å². The first-order valence-corrected chi connectivity index (χ1v) is 3.68. The first-order valence-electron chi connectivity index (χ1n) is 3.68. The Morgan fingerprint density at radius 2 is 2.08 bits per heavy atom. The minimum Gasteiger partial charge on any atom is -0.351 e. The molecule has 0 aliphatic carbocycles. The van der Waals surface area contributed by atoms with Gasteiger partial charge in [-0.25, -0.2) is 0 Å². The van der Waals surface area contributed by atoms with Gasteiger partial charge in [-0.2, -0.15) is 0 Å². The number of nitrogens with zero attached hydrogens (tertiary/aromatic N) is 1. The SMILES string of the molecule is Cl.NCC(=O)NCc1ccncc1. The van der Waals surface area contributed by atoms with Crippen LogP contribution in [0.15, 0.2) is 24.5 Å². The van der Waals surface area contributed by atoms with Crippen LogP contribution in [0.5, 0.6) is 0 Å². The second-order valence-corrected chi connectivity index (χ2v) is 2.34. The first kappa shape index (κ1) is 11.9. The smallest absolute Gasteiger partial charge is 0.234 e. The molecule has 0 fully saturated rings. The van der Waals surface area contributed by atoms with E-state index < -0.39 is 0 Å². The Morgan fingerprint density at radius 3 is 2.62 bits per heavy atom. The summed E-state index contributed by atoms with van der Waals surface area (Å²) in [6.45, 7) is 0.545. The number of halogens is 1. The fourth-order valence-electron chi connectivity index (χ4n) is 0.773. The van der Waals surface area contributed by atoms with E-state index >= 15 is 0 Å². The van der Waals surface area contributed by atoms with Crippen LogP contribution in [-0.2, 0) is 11.3 Å². The van der Waals surface area contributed by atoms with Gasteiger partial charge in [-0.05, 0) is 17.7 Å². The molecule has 1 rings (SSSR count). The minimum atomic E-state index is -0.146. The summed E-state index contributed by atoms with van der Waals surface area (Å²) in [5.41, 5.74) is 6.13. The Balaban J connectivity index is 0.00000144. The van der Waals surface area contributed by atoms with Crippen LogP contribution in [0.4, 0.5) is 0 Å². The molecule has 0 aromatic carbocycles. The summed E-state index contributed by atoms with van der Waals surface area (Å²) >= 11 is 0. The molecule has 1 aromatic heterocycles. The fourth-order valence-corrected chi connectivity index (χ4v) is 0.773. The molecule has 1 amide bonds. The van der Waals surface area contributed by atoms with Gasteiger partial charge in [0.2, 0.25) is 5.91 Å². The Bertz CT molecular complexity index is 253. The summed E-state index contributed by atoms with van der Waals surface area (Å²) in [5.74, 6) is -0.146. The van der Waals surface area contributed by atoms with Crippen LogP contribution < -0.4 is 11.1 Å². The van der Waals surface area contributed by atoms with E-state index in [1.807, 2.05) is 12.1 Å². The molecular weight excluding hydrogens is 190 g/mol. The monoisotopic (exact) mass is 201 g/mol. The lowest BCUT2D eigenvalue weighted by atomic mass is 10.3. The van der Waals surface area contributed by atoms with Crippen molar-refractivity contribution in [2.24, 2.45) is 5.73 Å². The molecule has 0 saturated carbocycles. The molecule has 13 heavy (non-hydrogen) atoms. The molecule has 5 heteroatoms. The Hall–Kier alpha value is -1.13. The summed E-state index contributed by atoms with van der Waals surface area (Å²) in [5, 5.41) is 2.66. The van der Waals surface area contributed by atoms with Crippen molar-refractivity contribution in [1.82, 2.24) is 10.3 Å². The molecule has 72 valence electrons. The van der Waals surface area contributed by atoms with Crippen LogP contribution in [0, 0.1) is 0 Å². The third-order valence-electron chi connectivity index (χ3n) is 1.42. The van der Waals surface area contributed by atoms with Gasteiger partial charge in [0.15, 0.2) is 0 Å². The topological polar surface area (TPSA) is 68.0 Å². The summed E-state index contributed by atoms with van der Waals surface area (Å²) < 4.78 is 0. The fraction of sp³-hybridized carbons (Fsp3) is 0.250. The van der Waals surface area contributed by atoms with Gasteiger partial charge in [0, 0.05) is 18.9 Å². The number of hydrogen-bond acceptors (Lipinski definition) is 3. The Kier molecular flexibility index (Phi) is 5.84.